The predicted molar refractivity (Wildman–Crippen MR) is 92.1 cm³/mol. The minimum absolute atomic E-state index is 0.0291. The number of esters is 1. The van der Waals surface area contributed by atoms with E-state index in [1.807, 2.05) is 0 Å². The Bertz CT molecular complexity index is 831. The summed E-state index contributed by atoms with van der Waals surface area (Å²) in [6.45, 7) is 0.176. The first-order valence-electron chi connectivity index (χ1n) is 7.25. The van der Waals surface area contributed by atoms with Crippen LogP contribution in [0.2, 0.25) is 0 Å². The van der Waals surface area contributed by atoms with Gasteiger partial charge >= 0.3 is 5.97 Å². The summed E-state index contributed by atoms with van der Waals surface area (Å²) in [4.78, 5) is 21.8. The standard InChI is InChI=1S/C15H16N2O6S2/c1-16(25(21,22)15-5-3-11-24-15)10-2-4-14(18)23-13-8-6-12(7-9-13)17(19)20/h3,5-9,11H,2,4,10H2,1H3. The molecule has 0 N–H and O–H groups in total. The fourth-order valence-electron chi connectivity index (χ4n) is 1.95. The zero-order chi connectivity index (χ0) is 18.4. The number of carbonyl (C=O) groups is 1. The molecule has 1 aromatic carbocycles. The third-order valence-corrected chi connectivity index (χ3v) is 6.52. The zero-order valence-corrected chi connectivity index (χ0v) is 15.0. The van der Waals surface area contributed by atoms with Crippen molar-refractivity contribution in [2.24, 2.45) is 0 Å². The first kappa shape index (κ1) is 19.0. The molecule has 1 aromatic heterocycles. The Hall–Kier alpha value is -2.30. The molecule has 2 rings (SSSR count). The number of ether oxygens (including phenoxy) is 1. The van der Waals surface area contributed by atoms with Gasteiger partial charge < -0.3 is 4.74 Å². The number of hydrogen-bond acceptors (Lipinski definition) is 7. The van der Waals surface area contributed by atoms with Crippen LogP contribution in [0.1, 0.15) is 12.8 Å². The molecule has 0 saturated carbocycles. The van der Waals surface area contributed by atoms with E-state index < -0.39 is 20.9 Å². The molecular formula is C15H16N2O6S2. The quantitative estimate of drug-likeness (QED) is 0.300. The van der Waals surface area contributed by atoms with Gasteiger partial charge in [-0.1, -0.05) is 6.07 Å². The molecule has 0 aliphatic carbocycles. The number of carbonyl (C=O) groups excluding carboxylic acids is 1. The molecule has 25 heavy (non-hydrogen) atoms. The molecule has 0 aliphatic heterocycles. The molecule has 0 atom stereocenters. The number of nitro benzene ring substituents is 1. The van der Waals surface area contributed by atoms with E-state index in [1.165, 1.54) is 41.7 Å². The van der Waals surface area contributed by atoms with Gasteiger partial charge in [-0.25, -0.2) is 12.7 Å². The highest BCUT2D eigenvalue weighted by Crippen LogP contribution is 2.20. The maximum atomic E-state index is 12.2. The van der Waals surface area contributed by atoms with Crippen LogP contribution in [0.5, 0.6) is 5.75 Å². The van der Waals surface area contributed by atoms with Gasteiger partial charge in [-0.2, -0.15) is 0 Å². The van der Waals surface area contributed by atoms with Crippen molar-refractivity contribution in [1.82, 2.24) is 4.31 Å². The lowest BCUT2D eigenvalue weighted by Gasteiger charge is -2.15. The fourth-order valence-corrected chi connectivity index (χ4v) is 4.36. The van der Waals surface area contributed by atoms with E-state index in [4.69, 9.17) is 4.74 Å². The first-order valence-corrected chi connectivity index (χ1v) is 9.57. The lowest BCUT2D eigenvalue weighted by Crippen LogP contribution is -2.28. The molecule has 8 nitrogen and oxygen atoms in total. The van der Waals surface area contributed by atoms with Gasteiger partial charge in [0.05, 0.1) is 4.92 Å². The van der Waals surface area contributed by atoms with Crippen molar-refractivity contribution in [3.05, 3.63) is 51.9 Å². The van der Waals surface area contributed by atoms with E-state index in [9.17, 15) is 23.3 Å². The van der Waals surface area contributed by atoms with Crippen LogP contribution in [-0.2, 0) is 14.8 Å². The van der Waals surface area contributed by atoms with Crippen LogP contribution in [-0.4, -0.2) is 37.2 Å². The largest absolute Gasteiger partial charge is 0.427 e. The van der Waals surface area contributed by atoms with E-state index in [2.05, 4.69) is 0 Å². The summed E-state index contributed by atoms with van der Waals surface area (Å²) in [5.41, 5.74) is -0.0970. The highest BCUT2D eigenvalue weighted by Gasteiger charge is 2.21. The van der Waals surface area contributed by atoms with Crippen LogP contribution in [0.3, 0.4) is 0 Å². The summed E-state index contributed by atoms with van der Waals surface area (Å²) in [6.07, 6.45) is 0.328. The van der Waals surface area contributed by atoms with Crippen molar-refractivity contribution >= 4 is 33.0 Å². The lowest BCUT2D eigenvalue weighted by atomic mass is 10.3. The number of nitro groups is 1. The van der Waals surface area contributed by atoms with E-state index in [-0.39, 0.29) is 28.6 Å². The molecule has 0 aliphatic rings. The molecule has 0 bridgehead atoms. The third kappa shape index (κ3) is 5.08. The van der Waals surface area contributed by atoms with E-state index in [0.29, 0.717) is 6.42 Å². The van der Waals surface area contributed by atoms with Gasteiger partial charge in [0.15, 0.2) is 0 Å². The Balaban J connectivity index is 1.81. The third-order valence-electron chi connectivity index (χ3n) is 3.29. The SMILES string of the molecule is CN(CCCC(=O)Oc1ccc([N+](=O)[O-])cc1)S(=O)(=O)c1cccs1. The minimum atomic E-state index is -3.53. The smallest absolute Gasteiger partial charge is 0.311 e. The van der Waals surface area contributed by atoms with Crippen LogP contribution in [0.15, 0.2) is 46.0 Å². The van der Waals surface area contributed by atoms with Gasteiger partial charge in [0.2, 0.25) is 0 Å². The minimum Gasteiger partial charge on any atom is -0.427 e. The van der Waals surface area contributed by atoms with E-state index >= 15 is 0 Å². The van der Waals surface area contributed by atoms with Crippen molar-refractivity contribution in [3.8, 4) is 5.75 Å². The van der Waals surface area contributed by atoms with Gasteiger partial charge in [-0.05, 0) is 30.0 Å². The van der Waals surface area contributed by atoms with Crippen molar-refractivity contribution in [1.29, 1.82) is 0 Å². The highest BCUT2D eigenvalue weighted by atomic mass is 32.2. The van der Waals surface area contributed by atoms with Crippen molar-refractivity contribution in [2.45, 2.75) is 17.1 Å². The zero-order valence-electron chi connectivity index (χ0n) is 13.3. The number of hydrogen-bond donors (Lipinski definition) is 0. The Morgan fingerprint density at radius 2 is 1.96 bits per heavy atom. The van der Waals surface area contributed by atoms with Gasteiger partial charge in [-0.15, -0.1) is 11.3 Å². The van der Waals surface area contributed by atoms with Crippen LogP contribution < -0.4 is 4.74 Å². The lowest BCUT2D eigenvalue weighted by molar-refractivity contribution is -0.384. The second kappa shape index (κ2) is 8.19. The van der Waals surface area contributed by atoms with Crippen molar-refractivity contribution < 1.29 is 22.9 Å². The van der Waals surface area contributed by atoms with Crippen LogP contribution in [0.4, 0.5) is 5.69 Å². The summed E-state index contributed by atoms with van der Waals surface area (Å²) >= 11 is 1.13. The van der Waals surface area contributed by atoms with Crippen molar-refractivity contribution in [2.75, 3.05) is 13.6 Å². The predicted octanol–water partition coefficient (Wildman–Crippen LogP) is 2.66. The van der Waals surface area contributed by atoms with Gasteiger partial charge in [0.1, 0.15) is 9.96 Å². The summed E-state index contributed by atoms with van der Waals surface area (Å²) in [5, 5.41) is 12.2. The molecule has 0 unspecified atom stereocenters. The molecule has 1 heterocycles. The van der Waals surface area contributed by atoms with E-state index in [0.717, 1.165) is 11.3 Å². The van der Waals surface area contributed by atoms with Crippen molar-refractivity contribution in [3.63, 3.8) is 0 Å². The van der Waals surface area contributed by atoms with Gasteiger partial charge in [0, 0.05) is 32.1 Å². The number of thiophene rings is 1. The normalized spacial score (nSPS) is 11.4. The van der Waals surface area contributed by atoms with Crippen LogP contribution in [0, 0.1) is 10.1 Å². The van der Waals surface area contributed by atoms with E-state index in [1.54, 1.807) is 11.4 Å². The Morgan fingerprint density at radius 3 is 2.52 bits per heavy atom. The summed E-state index contributed by atoms with van der Waals surface area (Å²) in [6, 6.07) is 8.34. The number of non-ortho nitro benzene ring substituents is 1. The molecule has 0 saturated heterocycles. The Labute approximate surface area is 148 Å². The number of nitrogens with zero attached hydrogens (tertiary/aromatic N) is 2. The highest BCUT2D eigenvalue weighted by molar-refractivity contribution is 7.91. The molecule has 0 amide bonds. The van der Waals surface area contributed by atoms with Crippen LogP contribution >= 0.6 is 11.3 Å². The molecule has 10 heteroatoms. The topological polar surface area (TPSA) is 107 Å². The second-order valence-corrected chi connectivity index (χ2v) is 8.31. The van der Waals surface area contributed by atoms with Gasteiger partial charge in [-0.3, -0.25) is 14.9 Å². The average molecular weight is 384 g/mol. The average Bonchev–Trinajstić information content (AvgIpc) is 3.10. The Morgan fingerprint density at radius 1 is 1.28 bits per heavy atom. The second-order valence-electron chi connectivity index (χ2n) is 5.09. The maximum Gasteiger partial charge on any atom is 0.311 e. The number of benzene rings is 1. The fraction of sp³-hybridized carbons (Fsp3) is 0.267. The summed E-state index contributed by atoms with van der Waals surface area (Å²) in [7, 11) is -2.07. The van der Waals surface area contributed by atoms with Gasteiger partial charge in [0.25, 0.3) is 15.7 Å². The maximum absolute atomic E-state index is 12.2. The number of rotatable bonds is 8. The summed E-state index contributed by atoms with van der Waals surface area (Å²) in [5.74, 6) is -0.328. The first-order chi connectivity index (χ1) is 11.8. The van der Waals surface area contributed by atoms with Crippen LogP contribution in [0.25, 0.3) is 0 Å². The molecule has 0 spiro atoms. The number of sulfonamides is 1. The molecule has 134 valence electrons. The monoisotopic (exact) mass is 384 g/mol. The molecule has 2 aromatic rings. The molecular weight excluding hydrogens is 368 g/mol. The molecule has 0 radical (unpaired) electrons. The summed E-state index contributed by atoms with van der Waals surface area (Å²) < 4.78 is 30.9. The molecule has 0 fully saturated rings. The Kier molecular flexibility index (Phi) is 6.23.